The van der Waals surface area contributed by atoms with Crippen molar-refractivity contribution in [3.8, 4) is 17.3 Å². The van der Waals surface area contributed by atoms with Crippen molar-refractivity contribution in [1.29, 1.82) is 0 Å². The standard InChI is InChI=1S/C35H36ClF2N6O3/c1-3-28(46)43-14-11-27(45)22(18-43)17-42(2)33-25-16-39-31(24-9-4-7-21-8-5-10-26(36)29(21)24)30(38)32(25)40-34(41-33)47-20-35-12-6-13-44(35)19-23(37)15-35/h3-5,7-10,16-17,22-23,27,45H,1,6,11-15,18-20H2,2H3/q+1/b42-17+/t22?,23-,27+,35+/m1/s1. The van der Waals surface area contributed by atoms with E-state index in [1.54, 1.807) is 34.9 Å². The first-order valence-corrected chi connectivity index (χ1v) is 16.3. The molecule has 3 fully saturated rings. The van der Waals surface area contributed by atoms with Crippen LogP contribution in [0.25, 0.3) is 32.9 Å². The average Bonchev–Trinajstić information content (AvgIpc) is 3.60. The molecule has 4 aromatic rings. The first-order valence-electron chi connectivity index (χ1n) is 15.9. The minimum Gasteiger partial charge on any atom is -0.443 e. The van der Waals surface area contributed by atoms with Crippen LogP contribution in [0.1, 0.15) is 25.7 Å². The van der Waals surface area contributed by atoms with Crippen LogP contribution >= 0.6 is 11.6 Å². The van der Waals surface area contributed by atoms with Crippen LogP contribution in [0.2, 0.25) is 5.02 Å². The molecule has 0 bridgehead atoms. The van der Waals surface area contributed by atoms with Crippen molar-refractivity contribution < 1.29 is 28.0 Å². The number of aliphatic hydroxyl groups is 1. The molecule has 3 aliphatic rings. The normalized spacial score (nSPS) is 25.0. The van der Waals surface area contributed by atoms with Crippen LogP contribution in [-0.2, 0) is 4.79 Å². The van der Waals surface area contributed by atoms with Gasteiger partial charge in [-0.1, -0.05) is 48.5 Å². The van der Waals surface area contributed by atoms with E-state index in [9.17, 15) is 14.3 Å². The first-order chi connectivity index (χ1) is 22.7. The Balaban J connectivity index is 1.33. The topological polar surface area (TPSA) is 94.7 Å². The number of fused-ring (bicyclic) bond motifs is 3. The summed E-state index contributed by atoms with van der Waals surface area (Å²) in [5.41, 5.74) is 0.150. The molecule has 1 amide bonds. The second-order valence-corrected chi connectivity index (χ2v) is 13.2. The minimum absolute atomic E-state index is 0.00234. The van der Waals surface area contributed by atoms with Crippen molar-refractivity contribution in [3.05, 3.63) is 66.1 Å². The third kappa shape index (κ3) is 5.74. The second-order valence-electron chi connectivity index (χ2n) is 12.8. The van der Waals surface area contributed by atoms with Crippen molar-refractivity contribution in [2.75, 3.05) is 39.8 Å². The lowest BCUT2D eigenvalue weighted by Gasteiger charge is -2.33. The van der Waals surface area contributed by atoms with Crippen LogP contribution in [0.5, 0.6) is 6.01 Å². The number of amides is 1. The van der Waals surface area contributed by atoms with Crippen LogP contribution in [0.4, 0.5) is 14.6 Å². The zero-order valence-electron chi connectivity index (χ0n) is 26.1. The van der Waals surface area contributed by atoms with Crippen molar-refractivity contribution in [3.63, 3.8) is 0 Å². The first kappa shape index (κ1) is 31.5. The van der Waals surface area contributed by atoms with E-state index in [0.717, 1.165) is 24.8 Å². The number of likely N-dealkylation sites (tertiary alicyclic amines) is 1. The van der Waals surface area contributed by atoms with Gasteiger partial charge in [0, 0.05) is 53.2 Å². The van der Waals surface area contributed by atoms with Crippen molar-refractivity contribution in [2.45, 2.75) is 43.5 Å². The molecule has 5 heterocycles. The molecule has 1 N–H and O–H groups in total. The van der Waals surface area contributed by atoms with Gasteiger partial charge in [0.25, 0.3) is 0 Å². The molecule has 0 aliphatic carbocycles. The summed E-state index contributed by atoms with van der Waals surface area (Å²) < 4.78 is 39.1. The number of aromatic nitrogens is 3. The Hall–Kier alpha value is -4.06. The van der Waals surface area contributed by atoms with Crippen LogP contribution in [0.3, 0.4) is 0 Å². The van der Waals surface area contributed by atoms with E-state index in [0.29, 0.717) is 53.1 Å². The quantitative estimate of drug-likeness (QED) is 0.163. The predicted octanol–water partition coefficient (Wildman–Crippen LogP) is 5.33. The third-order valence-corrected chi connectivity index (χ3v) is 10.2. The van der Waals surface area contributed by atoms with E-state index in [1.165, 1.54) is 12.3 Å². The van der Waals surface area contributed by atoms with E-state index in [-0.39, 0.29) is 36.3 Å². The maximum Gasteiger partial charge on any atom is 0.434 e. The Morgan fingerprint density at radius 1 is 1.23 bits per heavy atom. The molecule has 4 atom stereocenters. The Bertz CT molecular complexity index is 1920. The Kier molecular flexibility index (Phi) is 8.40. The van der Waals surface area contributed by atoms with Crippen molar-refractivity contribution in [1.82, 2.24) is 24.8 Å². The Morgan fingerprint density at radius 3 is 2.85 bits per heavy atom. The molecule has 0 radical (unpaired) electrons. The monoisotopic (exact) mass is 661 g/mol. The predicted molar refractivity (Wildman–Crippen MR) is 177 cm³/mol. The average molecular weight is 662 g/mol. The van der Waals surface area contributed by atoms with E-state index >= 15 is 4.39 Å². The molecule has 3 aliphatic heterocycles. The molecule has 3 saturated heterocycles. The van der Waals surface area contributed by atoms with E-state index in [1.807, 2.05) is 24.3 Å². The number of carbonyl (C=O) groups is 1. The number of carbonyl (C=O) groups excluding carboxylic acids is 1. The number of benzene rings is 2. The van der Waals surface area contributed by atoms with Crippen molar-refractivity contribution >= 4 is 51.2 Å². The largest absolute Gasteiger partial charge is 0.443 e. The van der Waals surface area contributed by atoms with Gasteiger partial charge in [-0.3, -0.25) is 14.7 Å². The molecule has 244 valence electrons. The third-order valence-electron chi connectivity index (χ3n) is 9.84. The molecule has 12 heteroatoms. The number of pyridine rings is 1. The lowest BCUT2D eigenvalue weighted by molar-refractivity contribution is -0.405. The minimum atomic E-state index is -0.930. The van der Waals surface area contributed by atoms with Gasteiger partial charge >= 0.3 is 11.8 Å². The van der Waals surface area contributed by atoms with E-state index < -0.39 is 29.5 Å². The number of halogens is 3. The van der Waals surface area contributed by atoms with Gasteiger partial charge in [0.15, 0.2) is 5.82 Å². The lowest BCUT2D eigenvalue weighted by Crippen LogP contribution is -2.46. The summed E-state index contributed by atoms with van der Waals surface area (Å²) in [5.74, 6) is -0.986. The molecular formula is C35H36ClF2N6O3+. The summed E-state index contributed by atoms with van der Waals surface area (Å²) in [7, 11) is 1.74. The Morgan fingerprint density at radius 2 is 2.04 bits per heavy atom. The maximum atomic E-state index is 16.7. The van der Waals surface area contributed by atoms with E-state index in [2.05, 4.69) is 21.4 Å². The fraction of sp³-hybridized carbons (Fsp3) is 0.400. The van der Waals surface area contributed by atoms with Crippen LogP contribution in [0, 0.1) is 11.7 Å². The highest BCUT2D eigenvalue weighted by atomic mass is 35.5. The summed E-state index contributed by atoms with van der Waals surface area (Å²) in [5, 5.41) is 13.2. The molecule has 0 spiro atoms. The lowest BCUT2D eigenvalue weighted by atomic mass is 9.95. The number of piperidine rings is 1. The Labute approximate surface area is 276 Å². The number of alkyl halides is 1. The number of rotatable bonds is 7. The maximum absolute atomic E-state index is 16.7. The molecule has 0 saturated carbocycles. The molecule has 2 aromatic carbocycles. The number of nitrogens with zero attached hydrogens (tertiary/aromatic N) is 6. The van der Waals surface area contributed by atoms with Gasteiger partial charge in [0.05, 0.1) is 30.8 Å². The van der Waals surface area contributed by atoms with Gasteiger partial charge in [-0.15, -0.1) is 0 Å². The molecule has 1 unspecified atom stereocenters. The van der Waals surface area contributed by atoms with Gasteiger partial charge in [0.2, 0.25) is 5.91 Å². The van der Waals surface area contributed by atoms with Crippen molar-refractivity contribution in [2.24, 2.45) is 5.92 Å². The summed E-state index contributed by atoms with van der Waals surface area (Å²) in [6.07, 6.45) is 5.44. The summed E-state index contributed by atoms with van der Waals surface area (Å²) in [6, 6.07) is 10.9. The molecule has 7 rings (SSSR count). The molecular weight excluding hydrogens is 626 g/mol. The van der Waals surface area contributed by atoms with Gasteiger partial charge < -0.3 is 14.7 Å². The smallest absolute Gasteiger partial charge is 0.434 e. The summed E-state index contributed by atoms with van der Waals surface area (Å²) in [4.78, 5) is 29.9. The molecule has 2 aromatic heterocycles. The SMILES string of the molecule is C=CC(=O)N1CC[C@H](O)C(/C=[N+](\C)c2nc(OC[C@@]34CCCN3C[C@H](F)C4)nc3c(F)c(-c4cccc5cccc(Cl)c45)ncc23)C1. The fourth-order valence-corrected chi connectivity index (χ4v) is 7.77. The summed E-state index contributed by atoms with van der Waals surface area (Å²) >= 11 is 6.59. The van der Waals surface area contributed by atoms with Crippen LogP contribution in [-0.4, -0.2) is 104 Å². The van der Waals surface area contributed by atoms with Gasteiger partial charge in [-0.2, -0.15) is 4.98 Å². The molecule has 9 nitrogen and oxygen atoms in total. The fourth-order valence-electron chi connectivity index (χ4n) is 7.49. The molecule has 47 heavy (non-hydrogen) atoms. The number of hydrogen-bond donors (Lipinski definition) is 1. The zero-order chi connectivity index (χ0) is 32.9. The number of hydrogen-bond acceptors (Lipinski definition) is 7. The number of aliphatic hydroxyl groups excluding tert-OH is 1. The highest BCUT2D eigenvalue weighted by Crippen LogP contribution is 2.41. The van der Waals surface area contributed by atoms with Crippen LogP contribution in [0.15, 0.2) is 55.3 Å². The van der Waals surface area contributed by atoms with Crippen LogP contribution < -0.4 is 4.74 Å². The summed E-state index contributed by atoms with van der Waals surface area (Å²) in [6.45, 7) is 5.63. The van der Waals surface area contributed by atoms with E-state index in [4.69, 9.17) is 21.3 Å². The highest BCUT2D eigenvalue weighted by Gasteiger charge is 2.49. The number of ether oxygens (including phenoxy) is 1. The van der Waals surface area contributed by atoms with Gasteiger partial charge in [-0.05, 0) is 43.3 Å². The zero-order valence-corrected chi connectivity index (χ0v) is 26.8. The van der Waals surface area contributed by atoms with Gasteiger partial charge in [0.1, 0.15) is 29.4 Å². The second kappa shape index (κ2) is 12.5. The van der Waals surface area contributed by atoms with Gasteiger partial charge in [-0.25, -0.2) is 13.4 Å². The highest BCUT2D eigenvalue weighted by molar-refractivity contribution is 6.36.